The lowest BCUT2D eigenvalue weighted by Crippen LogP contribution is -2.34. The average molecular weight is 198 g/mol. The molecule has 2 N–H and O–H groups in total. The molecule has 0 aromatic rings. The van der Waals surface area contributed by atoms with Gasteiger partial charge >= 0.3 is 0 Å². The second-order valence-corrected chi connectivity index (χ2v) is 5.77. The van der Waals surface area contributed by atoms with Crippen molar-refractivity contribution in [1.29, 1.82) is 0 Å². The van der Waals surface area contributed by atoms with Crippen molar-refractivity contribution in [3.05, 3.63) is 0 Å². The number of hydrogen-bond acceptors (Lipinski definition) is 2. The molecule has 1 aliphatic heterocycles. The van der Waals surface area contributed by atoms with E-state index in [4.69, 9.17) is 5.73 Å². The standard InChI is InChI=1S/C12H26N2/c1-10(5-7-13)14-8-6-11(9-14)12(2,3)4/h10-11H,5-9,13H2,1-4H3. The average Bonchev–Trinajstić information content (AvgIpc) is 2.51. The van der Waals surface area contributed by atoms with Crippen molar-refractivity contribution in [1.82, 2.24) is 4.90 Å². The van der Waals surface area contributed by atoms with E-state index in [1.54, 1.807) is 0 Å². The zero-order valence-corrected chi connectivity index (χ0v) is 10.2. The fourth-order valence-corrected chi connectivity index (χ4v) is 2.32. The summed E-state index contributed by atoms with van der Waals surface area (Å²) in [5, 5.41) is 0. The van der Waals surface area contributed by atoms with Crippen LogP contribution in [-0.2, 0) is 0 Å². The number of hydrogen-bond donors (Lipinski definition) is 1. The van der Waals surface area contributed by atoms with Crippen molar-refractivity contribution in [3.63, 3.8) is 0 Å². The molecule has 1 saturated heterocycles. The van der Waals surface area contributed by atoms with Crippen molar-refractivity contribution in [3.8, 4) is 0 Å². The first-order chi connectivity index (χ1) is 6.45. The highest BCUT2D eigenvalue weighted by atomic mass is 15.2. The fourth-order valence-electron chi connectivity index (χ4n) is 2.32. The molecule has 0 aromatic carbocycles. The van der Waals surface area contributed by atoms with Crippen molar-refractivity contribution >= 4 is 0 Å². The Morgan fingerprint density at radius 1 is 1.43 bits per heavy atom. The Bertz CT molecular complexity index is 172. The number of rotatable bonds is 3. The summed E-state index contributed by atoms with van der Waals surface area (Å²) in [6.07, 6.45) is 2.50. The van der Waals surface area contributed by atoms with Crippen LogP contribution < -0.4 is 5.73 Å². The molecule has 0 bridgehead atoms. The van der Waals surface area contributed by atoms with E-state index in [0.717, 1.165) is 18.9 Å². The lowest BCUT2D eigenvalue weighted by Gasteiger charge is -2.29. The molecule has 1 rings (SSSR count). The lowest BCUT2D eigenvalue weighted by atomic mass is 9.80. The normalized spacial score (nSPS) is 26.8. The topological polar surface area (TPSA) is 29.3 Å². The molecule has 0 aromatic heterocycles. The van der Waals surface area contributed by atoms with Crippen LogP contribution >= 0.6 is 0 Å². The first-order valence-corrected chi connectivity index (χ1v) is 5.89. The molecule has 0 radical (unpaired) electrons. The summed E-state index contributed by atoms with van der Waals surface area (Å²) in [5.41, 5.74) is 6.06. The van der Waals surface area contributed by atoms with Crippen LogP contribution in [0, 0.1) is 11.3 Å². The molecule has 1 fully saturated rings. The van der Waals surface area contributed by atoms with Crippen LogP contribution in [-0.4, -0.2) is 30.6 Å². The van der Waals surface area contributed by atoms with Gasteiger partial charge in [0.25, 0.3) is 0 Å². The molecular formula is C12H26N2. The monoisotopic (exact) mass is 198 g/mol. The third-order valence-electron chi connectivity index (χ3n) is 3.65. The molecule has 0 spiro atoms. The van der Waals surface area contributed by atoms with Crippen LogP contribution in [0.2, 0.25) is 0 Å². The third kappa shape index (κ3) is 2.96. The van der Waals surface area contributed by atoms with E-state index in [1.165, 1.54) is 19.5 Å². The van der Waals surface area contributed by atoms with Gasteiger partial charge in [-0.05, 0) is 44.2 Å². The molecule has 0 amide bonds. The maximum atomic E-state index is 5.59. The van der Waals surface area contributed by atoms with Crippen LogP contribution in [0.5, 0.6) is 0 Å². The number of nitrogens with two attached hydrogens (primary N) is 1. The summed E-state index contributed by atoms with van der Waals surface area (Å²) in [6.45, 7) is 12.7. The van der Waals surface area contributed by atoms with E-state index in [0.29, 0.717) is 11.5 Å². The van der Waals surface area contributed by atoms with Gasteiger partial charge in [0, 0.05) is 12.6 Å². The summed E-state index contributed by atoms with van der Waals surface area (Å²) in [7, 11) is 0. The SMILES string of the molecule is CC(CCN)N1CCC(C(C)(C)C)C1. The zero-order valence-electron chi connectivity index (χ0n) is 10.2. The quantitative estimate of drug-likeness (QED) is 0.752. The maximum absolute atomic E-state index is 5.59. The van der Waals surface area contributed by atoms with Gasteiger partial charge in [-0.1, -0.05) is 20.8 Å². The first kappa shape index (κ1) is 12.0. The Morgan fingerprint density at radius 2 is 2.07 bits per heavy atom. The van der Waals surface area contributed by atoms with E-state index in [1.807, 2.05) is 0 Å². The molecule has 0 saturated carbocycles. The smallest absolute Gasteiger partial charge is 0.00790 e. The Kier molecular flexibility index (Phi) is 3.96. The van der Waals surface area contributed by atoms with Gasteiger partial charge < -0.3 is 10.6 Å². The van der Waals surface area contributed by atoms with Crippen molar-refractivity contribution in [2.24, 2.45) is 17.1 Å². The van der Waals surface area contributed by atoms with Crippen LogP contribution in [0.1, 0.15) is 40.5 Å². The summed E-state index contributed by atoms with van der Waals surface area (Å²) in [5.74, 6) is 0.864. The largest absolute Gasteiger partial charge is 0.330 e. The number of likely N-dealkylation sites (tertiary alicyclic amines) is 1. The maximum Gasteiger partial charge on any atom is 0.00790 e. The molecule has 1 heterocycles. The highest BCUT2D eigenvalue weighted by Crippen LogP contribution is 2.34. The first-order valence-electron chi connectivity index (χ1n) is 5.89. The van der Waals surface area contributed by atoms with Crippen LogP contribution in [0.15, 0.2) is 0 Å². The van der Waals surface area contributed by atoms with Gasteiger partial charge in [-0.25, -0.2) is 0 Å². The highest BCUT2D eigenvalue weighted by molar-refractivity contribution is 4.85. The summed E-state index contributed by atoms with van der Waals surface area (Å²) < 4.78 is 0. The Morgan fingerprint density at radius 3 is 2.50 bits per heavy atom. The minimum Gasteiger partial charge on any atom is -0.330 e. The summed E-state index contributed by atoms with van der Waals surface area (Å²) in [4.78, 5) is 2.60. The van der Waals surface area contributed by atoms with Gasteiger partial charge in [0.15, 0.2) is 0 Å². The molecule has 14 heavy (non-hydrogen) atoms. The second kappa shape index (κ2) is 4.63. The van der Waals surface area contributed by atoms with Gasteiger partial charge in [-0.3, -0.25) is 0 Å². The molecule has 2 nitrogen and oxygen atoms in total. The van der Waals surface area contributed by atoms with Crippen molar-refractivity contribution in [2.45, 2.75) is 46.6 Å². The Balaban J connectivity index is 2.41. The lowest BCUT2D eigenvalue weighted by molar-refractivity contribution is 0.198. The predicted octanol–water partition coefficient (Wildman–Crippen LogP) is 2.09. The summed E-state index contributed by atoms with van der Waals surface area (Å²) in [6, 6.07) is 0.673. The Labute approximate surface area is 88.8 Å². The zero-order chi connectivity index (χ0) is 10.8. The van der Waals surface area contributed by atoms with Gasteiger partial charge in [0.05, 0.1) is 0 Å². The van der Waals surface area contributed by atoms with Gasteiger partial charge in [0.1, 0.15) is 0 Å². The molecule has 2 unspecified atom stereocenters. The van der Waals surface area contributed by atoms with E-state index >= 15 is 0 Å². The molecule has 2 atom stereocenters. The van der Waals surface area contributed by atoms with E-state index < -0.39 is 0 Å². The van der Waals surface area contributed by atoms with E-state index in [2.05, 4.69) is 32.6 Å². The molecule has 0 aliphatic carbocycles. The fraction of sp³-hybridized carbons (Fsp3) is 1.00. The van der Waals surface area contributed by atoms with Crippen LogP contribution in [0.25, 0.3) is 0 Å². The third-order valence-corrected chi connectivity index (χ3v) is 3.65. The molecule has 84 valence electrons. The van der Waals surface area contributed by atoms with E-state index in [9.17, 15) is 0 Å². The van der Waals surface area contributed by atoms with Crippen LogP contribution in [0.3, 0.4) is 0 Å². The molecule has 1 aliphatic rings. The number of nitrogens with zero attached hydrogens (tertiary/aromatic N) is 1. The minimum absolute atomic E-state index is 0.469. The van der Waals surface area contributed by atoms with E-state index in [-0.39, 0.29) is 0 Å². The van der Waals surface area contributed by atoms with Gasteiger partial charge in [0.2, 0.25) is 0 Å². The summed E-state index contributed by atoms with van der Waals surface area (Å²) >= 11 is 0. The second-order valence-electron chi connectivity index (χ2n) is 5.77. The predicted molar refractivity (Wildman–Crippen MR) is 62.3 cm³/mol. The van der Waals surface area contributed by atoms with Crippen molar-refractivity contribution in [2.75, 3.05) is 19.6 Å². The molecular weight excluding hydrogens is 172 g/mol. The van der Waals surface area contributed by atoms with Gasteiger partial charge in [-0.2, -0.15) is 0 Å². The van der Waals surface area contributed by atoms with Crippen LogP contribution in [0.4, 0.5) is 0 Å². The van der Waals surface area contributed by atoms with Gasteiger partial charge in [-0.15, -0.1) is 0 Å². The van der Waals surface area contributed by atoms with Crippen molar-refractivity contribution < 1.29 is 0 Å². The molecule has 2 heteroatoms. The highest BCUT2D eigenvalue weighted by Gasteiger charge is 2.33. The Hall–Kier alpha value is -0.0800. The minimum atomic E-state index is 0.469.